The van der Waals surface area contributed by atoms with E-state index in [1.165, 1.54) is 22.3 Å². The molecule has 0 saturated carbocycles. The van der Waals surface area contributed by atoms with Crippen LogP contribution in [0.15, 0.2) is 12.1 Å². The third-order valence-electron chi connectivity index (χ3n) is 5.25. The summed E-state index contributed by atoms with van der Waals surface area (Å²) in [4.78, 5) is 14.3. The van der Waals surface area contributed by atoms with Gasteiger partial charge in [-0.1, -0.05) is 32.9 Å². The summed E-state index contributed by atoms with van der Waals surface area (Å²) in [5.41, 5.74) is 5.48. The number of rotatable bonds is 6. The normalized spacial score (nSPS) is 18.6. The molecule has 1 aliphatic rings. The molecule has 4 nitrogen and oxygen atoms in total. The van der Waals surface area contributed by atoms with Crippen LogP contribution in [0.4, 0.5) is 0 Å². The number of aryl methyl sites for hydroxylation is 2. The quantitative estimate of drug-likeness (QED) is 0.832. The summed E-state index contributed by atoms with van der Waals surface area (Å²) in [6.45, 7) is 14.1. The number of benzene rings is 1. The summed E-state index contributed by atoms with van der Waals surface area (Å²) in [5, 5.41) is 12.2. The SMILES string of the molecule is Cc1cc(C(C)(C)C)cc(C)c1CCNC(=O)CN1CCC(CO)C1. The van der Waals surface area contributed by atoms with E-state index in [2.05, 4.69) is 57.0 Å². The minimum Gasteiger partial charge on any atom is -0.396 e. The van der Waals surface area contributed by atoms with Gasteiger partial charge in [0.2, 0.25) is 5.91 Å². The Morgan fingerprint density at radius 3 is 2.44 bits per heavy atom. The summed E-state index contributed by atoms with van der Waals surface area (Å²) in [6, 6.07) is 4.56. The van der Waals surface area contributed by atoms with Crippen molar-refractivity contribution >= 4 is 5.91 Å². The van der Waals surface area contributed by atoms with Crippen LogP contribution in [-0.4, -0.2) is 48.7 Å². The van der Waals surface area contributed by atoms with Crippen molar-refractivity contribution in [2.24, 2.45) is 5.92 Å². The van der Waals surface area contributed by atoms with Crippen molar-refractivity contribution in [3.05, 3.63) is 34.4 Å². The fourth-order valence-electron chi connectivity index (χ4n) is 3.61. The maximum Gasteiger partial charge on any atom is 0.234 e. The van der Waals surface area contributed by atoms with E-state index in [1.807, 2.05) is 0 Å². The summed E-state index contributed by atoms with van der Waals surface area (Å²) in [5.74, 6) is 0.416. The maximum absolute atomic E-state index is 12.1. The van der Waals surface area contributed by atoms with Crippen LogP contribution in [0.25, 0.3) is 0 Å². The molecule has 2 N–H and O–H groups in total. The van der Waals surface area contributed by atoms with E-state index in [0.29, 0.717) is 19.0 Å². The number of carbonyl (C=O) groups excluding carboxylic acids is 1. The van der Waals surface area contributed by atoms with E-state index in [4.69, 9.17) is 0 Å². The van der Waals surface area contributed by atoms with Crippen molar-refractivity contribution in [1.29, 1.82) is 0 Å². The summed E-state index contributed by atoms with van der Waals surface area (Å²) < 4.78 is 0. The Hall–Kier alpha value is -1.39. The van der Waals surface area contributed by atoms with Crippen molar-refractivity contribution in [1.82, 2.24) is 10.2 Å². The van der Waals surface area contributed by atoms with E-state index < -0.39 is 0 Å². The Bertz CT molecular complexity index is 581. The monoisotopic (exact) mass is 346 g/mol. The number of likely N-dealkylation sites (tertiary alicyclic amines) is 1. The topological polar surface area (TPSA) is 52.6 Å². The highest BCUT2D eigenvalue weighted by Crippen LogP contribution is 2.27. The van der Waals surface area contributed by atoms with Crippen LogP contribution in [0, 0.1) is 19.8 Å². The second-order valence-corrected chi connectivity index (χ2v) is 8.51. The highest BCUT2D eigenvalue weighted by atomic mass is 16.3. The minimum absolute atomic E-state index is 0.0835. The number of aliphatic hydroxyl groups is 1. The third-order valence-corrected chi connectivity index (χ3v) is 5.25. The highest BCUT2D eigenvalue weighted by Gasteiger charge is 2.23. The number of aliphatic hydroxyl groups excluding tert-OH is 1. The molecule has 1 saturated heterocycles. The lowest BCUT2D eigenvalue weighted by atomic mass is 9.83. The molecule has 1 aromatic carbocycles. The number of nitrogens with zero attached hydrogens (tertiary/aromatic N) is 1. The molecule has 1 unspecified atom stereocenters. The molecule has 140 valence electrons. The smallest absolute Gasteiger partial charge is 0.234 e. The predicted octanol–water partition coefficient (Wildman–Crippen LogP) is 2.57. The zero-order valence-corrected chi connectivity index (χ0v) is 16.5. The molecular weight excluding hydrogens is 312 g/mol. The van der Waals surface area contributed by atoms with Crippen LogP contribution in [0.1, 0.15) is 49.4 Å². The standard InChI is InChI=1S/C21H34N2O2/c1-15-10-18(21(3,4)5)11-16(2)19(15)6-8-22-20(25)13-23-9-7-17(12-23)14-24/h10-11,17,24H,6-9,12-14H2,1-5H3,(H,22,25). The predicted molar refractivity (Wildman–Crippen MR) is 103 cm³/mol. The molecule has 0 bridgehead atoms. The minimum atomic E-state index is 0.0835. The molecule has 25 heavy (non-hydrogen) atoms. The van der Waals surface area contributed by atoms with Gasteiger partial charge in [0.25, 0.3) is 0 Å². The average molecular weight is 347 g/mol. The van der Waals surface area contributed by atoms with Gasteiger partial charge in [0.1, 0.15) is 0 Å². The van der Waals surface area contributed by atoms with E-state index in [-0.39, 0.29) is 17.9 Å². The van der Waals surface area contributed by atoms with Crippen molar-refractivity contribution in [2.75, 3.05) is 32.8 Å². The molecule has 1 amide bonds. The Balaban J connectivity index is 1.84. The van der Waals surface area contributed by atoms with Crippen LogP contribution in [0.5, 0.6) is 0 Å². The van der Waals surface area contributed by atoms with Crippen LogP contribution in [-0.2, 0) is 16.6 Å². The second kappa shape index (κ2) is 8.33. The van der Waals surface area contributed by atoms with Crippen molar-refractivity contribution in [3.8, 4) is 0 Å². The lowest BCUT2D eigenvalue weighted by Crippen LogP contribution is -2.37. The first-order valence-electron chi connectivity index (χ1n) is 9.41. The van der Waals surface area contributed by atoms with Gasteiger partial charge in [-0.25, -0.2) is 0 Å². The zero-order chi connectivity index (χ0) is 18.6. The molecule has 0 aliphatic carbocycles. The second-order valence-electron chi connectivity index (χ2n) is 8.51. The molecule has 1 aromatic rings. The summed E-state index contributed by atoms with van der Waals surface area (Å²) >= 11 is 0. The lowest BCUT2D eigenvalue weighted by molar-refractivity contribution is -0.122. The largest absolute Gasteiger partial charge is 0.396 e. The molecule has 4 heteroatoms. The molecule has 0 spiro atoms. The van der Waals surface area contributed by atoms with E-state index in [0.717, 1.165) is 25.9 Å². The molecule has 2 rings (SSSR count). The Labute approximate surface area is 152 Å². The zero-order valence-electron chi connectivity index (χ0n) is 16.5. The Kier molecular flexibility index (Phi) is 6.64. The fourth-order valence-corrected chi connectivity index (χ4v) is 3.61. The molecule has 0 aromatic heterocycles. The molecule has 1 fully saturated rings. The van der Waals surface area contributed by atoms with Crippen molar-refractivity contribution in [2.45, 2.75) is 52.9 Å². The van der Waals surface area contributed by atoms with E-state index in [9.17, 15) is 9.90 Å². The first-order valence-corrected chi connectivity index (χ1v) is 9.41. The van der Waals surface area contributed by atoms with E-state index in [1.54, 1.807) is 0 Å². The summed E-state index contributed by atoms with van der Waals surface area (Å²) in [7, 11) is 0. The van der Waals surface area contributed by atoms with Gasteiger partial charge in [-0.2, -0.15) is 0 Å². The van der Waals surface area contributed by atoms with Crippen molar-refractivity contribution in [3.63, 3.8) is 0 Å². The number of hydrogen-bond acceptors (Lipinski definition) is 3. The highest BCUT2D eigenvalue weighted by molar-refractivity contribution is 5.78. The van der Waals surface area contributed by atoms with Crippen LogP contribution in [0.3, 0.4) is 0 Å². The van der Waals surface area contributed by atoms with Gasteiger partial charge in [0.05, 0.1) is 6.54 Å². The van der Waals surface area contributed by atoms with Gasteiger partial charge in [0.15, 0.2) is 0 Å². The Morgan fingerprint density at radius 2 is 1.92 bits per heavy atom. The Morgan fingerprint density at radius 1 is 1.28 bits per heavy atom. The molecular formula is C21H34N2O2. The first kappa shape index (κ1) is 19.9. The third kappa shape index (κ3) is 5.55. The number of amides is 1. The van der Waals surface area contributed by atoms with E-state index >= 15 is 0 Å². The molecule has 1 atom stereocenters. The first-order chi connectivity index (χ1) is 11.7. The molecule has 1 heterocycles. The van der Waals surface area contributed by atoms with Gasteiger partial charge < -0.3 is 10.4 Å². The van der Waals surface area contributed by atoms with Gasteiger partial charge >= 0.3 is 0 Å². The maximum atomic E-state index is 12.1. The average Bonchev–Trinajstić information content (AvgIpc) is 2.96. The molecule has 1 aliphatic heterocycles. The van der Waals surface area contributed by atoms with Gasteiger partial charge in [-0.15, -0.1) is 0 Å². The van der Waals surface area contributed by atoms with Gasteiger partial charge in [0, 0.05) is 19.7 Å². The summed E-state index contributed by atoms with van der Waals surface area (Å²) in [6.07, 6.45) is 1.86. The van der Waals surface area contributed by atoms with Crippen molar-refractivity contribution < 1.29 is 9.90 Å². The van der Waals surface area contributed by atoms with Crippen LogP contribution in [0.2, 0.25) is 0 Å². The van der Waals surface area contributed by atoms with Gasteiger partial charge in [-0.3, -0.25) is 9.69 Å². The number of nitrogens with one attached hydrogen (secondary N) is 1. The van der Waals surface area contributed by atoms with Crippen LogP contribution >= 0.6 is 0 Å². The lowest BCUT2D eigenvalue weighted by Gasteiger charge is -2.22. The number of carbonyl (C=O) groups is 1. The fraction of sp³-hybridized carbons (Fsp3) is 0.667. The van der Waals surface area contributed by atoms with Gasteiger partial charge in [-0.05, 0) is 66.8 Å². The number of hydrogen-bond donors (Lipinski definition) is 2. The van der Waals surface area contributed by atoms with Crippen LogP contribution < -0.4 is 5.32 Å². The molecule has 0 radical (unpaired) electrons.